The SMILES string of the molecule is Cc1ccccc1-c1ccc(NC(=O)c2ccccc2NC(=O)c2cccc(C(=N)N)c2)cc1. The highest BCUT2D eigenvalue weighted by atomic mass is 16.2. The van der Waals surface area contributed by atoms with Gasteiger partial charge in [-0.25, -0.2) is 0 Å². The average Bonchev–Trinajstić information content (AvgIpc) is 2.85. The molecule has 0 fully saturated rings. The molecule has 0 aliphatic carbocycles. The first-order chi connectivity index (χ1) is 16.4. The van der Waals surface area contributed by atoms with Crippen LogP contribution in [0.25, 0.3) is 11.1 Å². The summed E-state index contributed by atoms with van der Waals surface area (Å²) in [5.74, 6) is -0.856. The smallest absolute Gasteiger partial charge is 0.257 e. The number of anilines is 2. The lowest BCUT2D eigenvalue weighted by Gasteiger charge is -2.12. The summed E-state index contributed by atoms with van der Waals surface area (Å²) >= 11 is 0. The number of amides is 2. The van der Waals surface area contributed by atoms with Crippen molar-refractivity contribution >= 4 is 29.0 Å². The monoisotopic (exact) mass is 448 g/mol. The fourth-order valence-corrected chi connectivity index (χ4v) is 3.64. The minimum Gasteiger partial charge on any atom is -0.384 e. The molecule has 0 saturated carbocycles. The summed E-state index contributed by atoms with van der Waals surface area (Å²) in [4.78, 5) is 25.8. The fraction of sp³-hybridized carbons (Fsp3) is 0.0357. The molecular weight excluding hydrogens is 424 g/mol. The number of nitrogens with two attached hydrogens (primary N) is 1. The molecule has 168 valence electrons. The van der Waals surface area contributed by atoms with Crippen molar-refractivity contribution in [3.63, 3.8) is 0 Å². The van der Waals surface area contributed by atoms with Gasteiger partial charge in [0.05, 0.1) is 11.3 Å². The second-order valence-corrected chi connectivity index (χ2v) is 7.84. The summed E-state index contributed by atoms with van der Waals surface area (Å²) < 4.78 is 0. The topological polar surface area (TPSA) is 108 Å². The van der Waals surface area contributed by atoms with Crippen LogP contribution in [0.2, 0.25) is 0 Å². The number of rotatable bonds is 6. The van der Waals surface area contributed by atoms with Crippen molar-refractivity contribution in [2.24, 2.45) is 5.73 Å². The third-order valence-corrected chi connectivity index (χ3v) is 5.45. The lowest BCUT2D eigenvalue weighted by Crippen LogP contribution is -2.19. The van der Waals surface area contributed by atoms with E-state index in [1.807, 2.05) is 36.4 Å². The number of para-hydroxylation sites is 1. The Bertz CT molecular complexity index is 1380. The quantitative estimate of drug-likeness (QED) is 0.233. The van der Waals surface area contributed by atoms with Crippen LogP contribution in [-0.2, 0) is 0 Å². The molecule has 0 atom stereocenters. The number of amidine groups is 1. The van der Waals surface area contributed by atoms with Gasteiger partial charge in [0, 0.05) is 16.8 Å². The Morgan fingerprint density at radius 3 is 2.15 bits per heavy atom. The van der Waals surface area contributed by atoms with E-state index in [0.29, 0.717) is 28.1 Å². The third kappa shape index (κ3) is 5.02. The predicted molar refractivity (Wildman–Crippen MR) is 136 cm³/mol. The van der Waals surface area contributed by atoms with E-state index in [4.69, 9.17) is 11.1 Å². The van der Waals surface area contributed by atoms with Crippen LogP contribution in [0.1, 0.15) is 31.8 Å². The van der Waals surface area contributed by atoms with Gasteiger partial charge in [-0.2, -0.15) is 0 Å². The zero-order valence-electron chi connectivity index (χ0n) is 18.6. The van der Waals surface area contributed by atoms with Crippen molar-refractivity contribution < 1.29 is 9.59 Å². The van der Waals surface area contributed by atoms with Crippen LogP contribution in [0.15, 0.2) is 97.1 Å². The van der Waals surface area contributed by atoms with Gasteiger partial charge in [0.2, 0.25) is 0 Å². The van der Waals surface area contributed by atoms with E-state index in [9.17, 15) is 9.59 Å². The van der Waals surface area contributed by atoms with Gasteiger partial charge in [-0.05, 0) is 60.0 Å². The van der Waals surface area contributed by atoms with E-state index in [0.717, 1.165) is 11.1 Å². The van der Waals surface area contributed by atoms with Gasteiger partial charge in [0.25, 0.3) is 11.8 Å². The fourth-order valence-electron chi connectivity index (χ4n) is 3.64. The number of benzene rings is 4. The third-order valence-electron chi connectivity index (χ3n) is 5.45. The van der Waals surface area contributed by atoms with Crippen LogP contribution in [0.5, 0.6) is 0 Å². The molecule has 0 aliphatic rings. The minimum atomic E-state index is -0.397. The van der Waals surface area contributed by atoms with Gasteiger partial charge in [-0.1, -0.05) is 60.7 Å². The predicted octanol–water partition coefficient (Wildman–Crippen LogP) is 5.45. The zero-order chi connectivity index (χ0) is 24.1. The van der Waals surface area contributed by atoms with E-state index < -0.39 is 5.91 Å². The minimum absolute atomic E-state index is 0.122. The van der Waals surface area contributed by atoms with E-state index >= 15 is 0 Å². The highest BCUT2D eigenvalue weighted by Crippen LogP contribution is 2.25. The van der Waals surface area contributed by atoms with Crippen molar-refractivity contribution in [1.29, 1.82) is 5.41 Å². The molecule has 0 unspecified atom stereocenters. The Labute approximate surface area is 198 Å². The van der Waals surface area contributed by atoms with Crippen LogP contribution in [0, 0.1) is 12.3 Å². The number of hydrogen-bond acceptors (Lipinski definition) is 3. The largest absolute Gasteiger partial charge is 0.384 e. The number of carbonyl (C=O) groups is 2. The number of nitrogens with one attached hydrogen (secondary N) is 3. The molecule has 4 aromatic rings. The second kappa shape index (κ2) is 9.83. The van der Waals surface area contributed by atoms with E-state index in [2.05, 4.69) is 29.7 Å². The Morgan fingerprint density at radius 2 is 1.41 bits per heavy atom. The van der Waals surface area contributed by atoms with Gasteiger partial charge in [-0.3, -0.25) is 15.0 Å². The average molecular weight is 449 g/mol. The zero-order valence-corrected chi connectivity index (χ0v) is 18.6. The van der Waals surface area contributed by atoms with Crippen LogP contribution in [-0.4, -0.2) is 17.6 Å². The molecule has 2 amide bonds. The molecule has 0 saturated heterocycles. The standard InChI is InChI=1S/C28H24N4O2/c1-18-7-2-3-10-23(18)19-13-15-22(16-14-19)31-28(34)24-11-4-5-12-25(24)32-27(33)21-9-6-8-20(17-21)26(29)30/h2-17H,1H3,(H3,29,30)(H,31,34)(H,32,33). The molecular formula is C28H24N4O2. The second-order valence-electron chi connectivity index (χ2n) is 7.84. The summed E-state index contributed by atoms with van der Waals surface area (Å²) in [7, 11) is 0. The van der Waals surface area contributed by atoms with Crippen molar-refractivity contribution in [3.8, 4) is 11.1 Å². The van der Waals surface area contributed by atoms with E-state index in [1.54, 1.807) is 42.5 Å². The van der Waals surface area contributed by atoms with E-state index in [-0.39, 0.29) is 11.7 Å². The van der Waals surface area contributed by atoms with Crippen LogP contribution >= 0.6 is 0 Å². The molecule has 0 aromatic heterocycles. The molecule has 6 heteroatoms. The van der Waals surface area contributed by atoms with Crippen molar-refractivity contribution in [3.05, 3.63) is 119 Å². The Hall–Kier alpha value is -4.71. The van der Waals surface area contributed by atoms with Crippen molar-refractivity contribution in [1.82, 2.24) is 0 Å². The highest BCUT2D eigenvalue weighted by molar-refractivity contribution is 6.13. The Morgan fingerprint density at radius 1 is 0.735 bits per heavy atom. The molecule has 34 heavy (non-hydrogen) atoms. The first-order valence-electron chi connectivity index (χ1n) is 10.7. The van der Waals surface area contributed by atoms with Gasteiger partial charge in [0.1, 0.15) is 5.84 Å². The molecule has 6 nitrogen and oxygen atoms in total. The summed E-state index contributed by atoms with van der Waals surface area (Å²) in [6.45, 7) is 2.06. The number of carbonyl (C=O) groups excluding carboxylic acids is 2. The van der Waals surface area contributed by atoms with Crippen molar-refractivity contribution in [2.45, 2.75) is 6.92 Å². The van der Waals surface area contributed by atoms with Gasteiger partial charge >= 0.3 is 0 Å². The van der Waals surface area contributed by atoms with Crippen LogP contribution in [0.4, 0.5) is 11.4 Å². The van der Waals surface area contributed by atoms with Crippen LogP contribution in [0.3, 0.4) is 0 Å². The molecule has 4 rings (SSSR count). The molecule has 0 radical (unpaired) electrons. The first-order valence-corrected chi connectivity index (χ1v) is 10.7. The Kier molecular flexibility index (Phi) is 6.50. The number of hydrogen-bond donors (Lipinski definition) is 4. The van der Waals surface area contributed by atoms with Crippen LogP contribution < -0.4 is 16.4 Å². The lowest BCUT2D eigenvalue weighted by molar-refractivity contribution is 0.102. The molecule has 0 spiro atoms. The van der Waals surface area contributed by atoms with Gasteiger partial charge in [0.15, 0.2) is 0 Å². The maximum Gasteiger partial charge on any atom is 0.257 e. The normalized spacial score (nSPS) is 10.4. The lowest BCUT2D eigenvalue weighted by atomic mass is 10.0. The molecule has 5 N–H and O–H groups in total. The highest BCUT2D eigenvalue weighted by Gasteiger charge is 2.15. The number of aryl methyl sites for hydroxylation is 1. The molecule has 0 heterocycles. The van der Waals surface area contributed by atoms with Crippen molar-refractivity contribution in [2.75, 3.05) is 10.6 Å². The molecule has 0 aliphatic heterocycles. The maximum atomic E-state index is 13.0. The first kappa shape index (κ1) is 22.5. The molecule has 0 bridgehead atoms. The Balaban J connectivity index is 1.51. The van der Waals surface area contributed by atoms with E-state index in [1.165, 1.54) is 11.6 Å². The van der Waals surface area contributed by atoms with Gasteiger partial charge < -0.3 is 16.4 Å². The summed E-state index contributed by atoms with van der Waals surface area (Å²) in [6, 6.07) is 29.1. The maximum absolute atomic E-state index is 13.0. The molecule has 4 aromatic carbocycles. The number of nitrogen functional groups attached to an aromatic ring is 1. The summed E-state index contributed by atoms with van der Waals surface area (Å²) in [6.07, 6.45) is 0. The van der Waals surface area contributed by atoms with Gasteiger partial charge in [-0.15, -0.1) is 0 Å². The summed E-state index contributed by atoms with van der Waals surface area (Å²) in [5, 5.41) is 13.2. The summed E-state index contributed by atoms with van der Waals surface area (Å²) in [5.41, 5.74) is 11.1.